The lowest BCUT2D eigenvalue weighted by molar-refractivity contribution is 0.930. The van der Waals surface area contributed by atoms with Gasteiger partial charge in [-0.15, -0.1) is 10.2 Å². The zero-order chi connectivity index (χ0) is 16.2. The monoisotopic (exact) mass is 321 g/mol. The van der Waals surface area contributed by atoms with Gasteiger partial charge in [-0.1, -0.05) is 35.5 Å². The van der Waals surface area contributed by atoms with Crippen molar-refractivity contribution in [1.82, 2.24) is 15.2 Å². The molecule has 116 valence electrons. The first-order valence-electron chi connectivity index (χ1n) is 7.58. The second-order valence-corrected chi connectivity index (χ2v) is 6.63. The molecule has 0 unspecified atom stereocenters. The lowest BCUT2D eigenvalue weighted by atomic mass is 10.0. The third-order valence-electron chi connectivity index (χ3n) is 3.77. The first-order valence-corrected chi connectivity index (χ1v) is 8.57. The molecule has 4 heteroatoms. The molecule has 1 aromatic carbocycles. The van der Waals surface area contributed by atoms with E-state index in [4.69, 9.17) is 0 Å². The van der Waals surface area contributed by atoms with Gasteiger partial charge in [0.25, 0.3) is 0 Å². The van der Waals surface area contributed by atoms with Crippen LogP contribution < -0.4 is 0 Å². The number of hydrogen-bond acceptors (Lipinski definition) is 4. The fourth-order valence-corrected chi connectivity index (χ4v) is 3.64. The molecule has 0 aliphatic heterocycles. The molecule has 0 aliphatic rings. The van der Waals surface area contributed by atoms with Crippen LogP contribution in [0.25, 0.3) is 11.4 Å². The summed E-state index contributed by atoms with van der Waals surface area (Å²) in [6, 6.07) is 14.3. The summed E-state index contributed by atoms with van der Waals surface area (Å²) in [6.07, 6.45) is 1.77. The summed E-state index contributed by atoms with van der Waals surface area (Å²) in [6.45, 7) is 6.48. The number of hydrogen-bond donors (Lipinski definition) is 0. The third-order valence-corrected chi connectivity index (χ3v) is 4.72. The molecule has 0 saturated carbocycles. The summed E-state index contributed by atoms with van der Waals surface area (Å²) in [5, 5.41) is 9.54. The van der Waals surface area contributed by atoms with Gasteiger partial charge >= 0.3 is 0 Å². The molecule has 0 N–H and O–H groups in total. The fraction of sp³-hybridized carbons (Fsp3) is 0.211. The molecule has 0 atom stereocenters. The smallest absolute Gasteiger partial charge is 0.119 e. The van der Waals surface area contributed by atoms with E-state index in [1.165, 1.54) is 22.3 Å². The van der Waals surface area contributed by atoms with Crippen molar-refractivity contribution in [3.05, 3.63) is 70.9 Å². The first kappa shape index (κ1) is 15.7. The van der Waals surface area contributed by atoms with Crippen LogP contribution in [0.1, 0.15) is 22.3 Å². The minimum Gasteiger partial charge on any atom is -0.255 e. The number of benzene rings is 1. The summed E-state index contributed by atoms with van der Waals surface area (Å²) >= 11 is 1.72. The third kappa shape index (κ3) is 3.77. The normalized spacial score (nSPS) is 10.7. The van der Waals surface area contributed by atoms with Crippen LogP contribution in [0, 0.1) is 20.8 Å². The average molecular weight is 321 g/mol. The maximum atomic E-state index is 4.32. The maximum Gasteiger partial charge on any atom is 0.119 e. The summed E-state index contributed by atoms with van der Waals surface area (Å²) in [5.74, 6) is 0.912. The van der Waals surface area contributed by atoms with Crippen LogP contribution in [0.5, 0.6) is 0 Å². The maximum absolute atomic E-state index is 4.32. The molecule has 0 amide bonds. The van der Waals surface area contributed by atoms with Gasteiger partial charge in [0.05, 0.1) is 5.69 Å². The van der Waals surface area contributed by atoms with Crippen molar-refractivity contribution in [3.63, 3.8) is 0 Å². The number of nitrogens with zero attached hydrogens (tertiary/aromatic N) is 3. The number of pyridine rings is 1. The lowest BCUT2D eigenvalue weighted by Gasteiger charge is -2.10. The van der Waals surface area contributed by atoms with E-state index in [1.54, 1.807) is 18.0 Å². The number of aryl methyl sites for hydroxylation is 3. The van der Waals surface area contributed by atoms with E-state index in [2.05, 4.69) is 48.1 Å². The van der Waals surface area contributed by atoms with Crippen molar-refractivity contribution in [2.24, 2.45) is 0 Å². The van der Waals surface area contributed by atoms with Gasteiger partial charge in [-0.25, -0.2) is 0 Å². The van der Waals surface area contributed by atoms with Gasteiger partial charge in [0.2, 0.25) is 0 Å². The molecule has 3 nitrogen and oxygen atoms in total. The Kier molecular flexibility index (Phi) is 4.72. The Morgan fingerprint density at radius 2 is 1.65 bits per heavy atom. The highest BCUT2D eigenvalue weighted by Gasteiger charge is 2.07. The molecule has 0 saturated heterocycles. The molecule has 3 aromatic rings. The summed E-state index contributed by atoms with van der Waals surface area (Å²) in [4.78, 5) is 4.29. The van der Waals surface area contributed by atoms with Crippen LogP contribution in [0.3, 0.4) is 0 Å². The zero-order valence-electron chi connectivity index (χ0n) is 13.6. The Balaban J connectivity index is 1.72. The van der Waals surface area contributed by atoms with Gasteiger partial charge in [0, 0.05) is 11.9 Å². The molecule has 0 spiro atoms. The van der Waals surface area contributed by atoms with Gasteiger partial charge in [-0.2, -0.15) is 0 Å². The van der Waals surface area contributed by atoms with Gasteiger partial charge in [0.15, 0.2) is 0 Å². The van der Waals surface area contributed by atoms with Crippen LogP contribution in [0.2, 0.25) is 0 Å². The van der Waals surface area contributed by atoms with Crippen LogP contribution >= 0.6 is 11.8 Å². The highest BCUT2D eigenvalue weighted by Crippen LogP contribution is 2.26. The molecular formula is C19H19N3S. The van der Waals surface area contributed by atoms with Crippen molar-refractivity contribution < 1.29 is 0 Å². The largest absolute Gasteiger partial charge is 0.255 e. The number of thioether (sulfide) groups is 1. The highest BCUT2D eigenvalue weighted by atomic mass is 32.2. The second kappa shape index (κ2) is 6.92. The Labute approximate surface area is 141 Å². The Hall–Kier alpha value is -2.20. The SMILES string of the molecule is Cc1cc(C)c(CSc2ccc(-c3ccccn3)nn2)c(C)c1. The van der Waals surface area contributed by atoms with Gasteiger partial charge < -0.3 is 0 Å². The number of aromatic nitrogens is 3. The summed E-state index contributed by atoms with van der Waals surface area (Å²) in [7, 11) is 0. The van der Waals surface area contributed by atoms with Gasteiger partial charge in [-0.3, -0.25) is 4.98 Å². The van der Waals surface area contributed by atoms with Crippen molar-refractivity contribution >= 4 is 11.8 Å². The van der Waals surface area contributed by atoms with E-state index < -0.39 is 0 Å². The molecule has 0 fully saturated rings. The fourth-order valence-electron chi connectivity index (χ4n) is 2.63. The summed E-state index contributed by atoms with van der Waals surface area (Å²) in [5.41, 5.74) is 7.03. The second-order valence-electron chi connectivity index (χ2n) is 5.64. The predicted molar refractivity (Wildman–Crippen MR) is 95.5 cm³/mol. The molecule has 0 aliphatic carbocycles. The quantitative estimate of drug-likeness (QED) is 0.650. The van der Waals surface area contributed by atoms with Crippen LogP contribution in [0.15, 0.2) is 53.7 Å². The Bertz CT molecular complexity index is 776. The highest BCUT2D eigenvalue weighted by molar-refractivity contribution is 7.98. The van der Waals surface area contributed by atoms with Crippen LogP contribution in [0.4, 0.5) is 0 Å². The van der Waals surface area contributed by atoms with E-state index >= 15 is 0 Å². The van der Waals surface area contributed by atoms with Gasteiger partial charge in [-0.05, 0) is 61.7 Å². The molecule has 0 bridgehead atoms. The van der Waals surface area contributed by atoms with Crippen LogP contribution in [-0.2, 0) is 5.75 Å². The minimum atomic E-state index is 0.803. The standard InChI is InChI=1S/C19H19N3S/c1-13-10-14(2)16(15(3)11-13)12-23-19-8-7-18(21-22-19)17-6-4-5-9-20-17/h4-11H,12H2,1-3H3. The van der Waals surface area contributed by atoms with Crippen molar-refractivity contribution in [1.29, 1.82) is 0 Å². The van der Waals surface area contributed by atoms with Crippen molar-refractivity contribution in [2.75, 3.05) is 0 Å². The lowest BCUT2D eigenvalue weighted by Crippen LogP contribution is -1.95. The van der Waals surface area contributed by atoms with Crippen molar-refractivity contribution in [2.45, 2.75) is 31.6 Å². The van der Waals surface area contributed by atoms with E-state index in [9.17, 15) is 0 Å². The van der Waals surface area contributed by atoms with Crippen LogP contribution in [-0.4, -0.2) is 15.2 Å². The van der Waals surface area contributed by atoms with E-state index in [0.29, 0.717) is 0 Å². The minimum absolute atomic E-state index is 0.803. The number of rotatable bonds is 4. The first-order chi connectivity index (χ1) is 11.1. The molecule has 2 heterocycles. The molecule has 0 radical (unpaired) electrons. The average Bonchev–Trinajstić information content (AvgIpc) is 2.55. The van der Waals surface area contributed by atoms with E-state index in [0.717, 1.165) is 22.2 Å². The topological polar surface area (TPSA) is 38.7 Å². The van der Waals surface area contributed by atoms with E-state index in [1.807, 2.05) is 30.3 Å². The zero-order valence-corrected chi connectivity index (χ0v) is 14.4. The van der Waals surface area contributed by atoms with Gasteiger partial charge in [0.1, 0.15) is 10.7 Å². The predicted octanol–water partition coefficient (Wildman–Crippen LogP) is 4.76. The van der Waals surface area contributed by atoms with E-state index in [-0.39, 0.29) is 0 Å². The molecule has 23 heavy (non-hydrogen) atoms. The summed E-state index contributed by atoms with van der Waals surface area (Å²) < 4.78 is 0. The molecular weight excluding hydrogens is 302 g/mol. The Morgan fingerprint density at radius 1 is 0.870 bits per heavy atom. The molecule has 2 aromatic heterocycles. The molecule has 3 rings (SSSR count). The van der Waals surface area contributed by atoms with Crippen molar-refractivity contribution in [3.8, 4) is 11.4 Å². The Morgan fingerprint density at radius 3 is 2.26 bits per heavy atom.